The quantitative estimate of drug-likeness (QED) is 0.508. The molecule has 0 aliphatic carbocycles. The molecule has 35 heavy (non-hydrogen) atoms. The molecule has 3 aromatic rings. The van der Waals surface area contributed by atoms with Gasteiger partial charge in [-0.15, -0.1) is 0 Å². The summed E-state index contributed by atoms with van der Waals surface area (Å²) < 4.78 is 5.86. The number of nitrogens with zero attached hydrogens (tertiary/aromatic N) is 2. The van der Waals surface area contributed by atoms with E-state index >= 15 is 0 Å². The fourth-order valence-electron chi connectivity index (χ4n) is 3.83. The molecule has 1 saturated heterocycles. The van der Waals surface area contributed by atoms with Gasteiger partial charge in [-0.05, 0) is 56.0 Å². The number of urea groups is 1. The second-order valence-corrected chi connectivity index (χ2v) is 8.96. The lowest BCUT2D eigenvalue weighted by molar-refractivity contribution is -0.134. The highest BCUT2D eigenvalue weighted by molar-refractivity contribution is 6.09. The van der Waals surface area contributed by atoms with Crippen molar-refractivity contribution in [3.63, 3.8) is 0 Å². The summed E-state index contributed by atoms with van der Waals surface area (Å²) in [6.07, 6.45) is 1.61. The molecule has 1 aliphatic rings. The van der Waals surface area contributed by atoms with Crippen LogP contribution in [0.3, 0.4) is 0 Å². The maximum atomic E-state index is 13.0. The van der Waals surface area contributed by atoms with Crippen LogP contribution >= 0.6 is 0 Å². The molecule has 2 N–H and O–H groups in total. The van der Waals surface area contributed by atoms with Crippen LogP contribution in [0.25, 0.3) is 0 Å². The van der Waals surface area contributed by atoms with Gasteiger partial charge in [0.1, 0.15) is 17.8 Å². The summed E-state index contributed by atoms with van der Waals surface area (Å²) in [5.74, 6) is 0.279. The summed E-state index contributed by atoms with van der Waals surface area (Å²) >= 11 is 0. The third-order valence-electron chi connectivity index (χ3n) is 6.05. The molecule has 1 aliphatic heterocycles. The van der Waals surface area contributed by atoms with Gasteiger partial charge < -0.3 is 15.4 Å². The van der Waals surface area contributed by atoms with Crippen molar-refractivity contribution in [1.29, 1.82) is 0 Å². The Labute approximate surface area is 204 Å². The zero-order chi connectivity index (χ0) is 25.2. The first-order valence-corrected chi connectivity index (χ1v) is 11.3. The Morgan fingerprint density at radius 3 is 2.43 bits per heavy atom. The third kappa shape index (κ3) is 5.16. The van der Waals surface area contributed by atoms with E-state index in [1.54, 1.807) is 37.4 Å². The lowest BCUT2D eigenvalue weighted by Crippen LogP contribution is -2.43. The Morgan fingerprint density at radius 1 is 1.03 bits per heavy atom. The zero-order valence-corrected chi connectivity index (χ0v) is 20.2. The number of amides is 4. The van der Waals surface area contributed by atoms with Crippen LogP contribution in [0.5, 0.6) is 11.6 Å². The number of carbonyl (C=O) groups excluding carboxylic acids is 3. The average molecular weight is 473 g/mol. The van der Waals surface area contributed by atoms with Crippen molar-refractivity contribution < 1.29 is 19.1 Å². The summed E-state index contributed by atoms with van der Waals surface area (Å²) in [7, 11) is 0. The van der Waals surface area contributed by atoms with Gasteiger partial charge in [0.15, 0.2) is 0 Å². The van der Waals surface area contributed by atoms with Crippen molar-refractivity contribution in [3.05, 3.63) is 88.6 Å². The number of pyridine rings is 1. The van der Waals surface area contributed by atoms with Gasteiger partial charge in [0.25, 0.3) is 5.91 Å². The van der Waals surface area contributed by atoms with Crippen LogP contribution in [0, 0.1) is 20.8 Å². The Bertz CT molecular complexity index is 1270. The molecule has 0 spiro atoms. The molecule has 0 saturated carbocycles. The first kappa shape index (κ1) is 23.9. The number of benzene rings is 2. The number of rotatable bonds is 7. The maximum absolute atomic E-state index is 13.0. The lowest BCUT2D eigenvalue weighted by Gasteiger charge is -2.22. The van der Waals surface area contributed by atoms with E-state index in [1.165, 1.54) is 0 Å². The van der Waals surface area contributed by atoms with Gasteiger partial charge in [-0.25, -0.2) is 9.78 Å². The number of aryl methyl sites for hydroxylation is 3. The Hall–Kier alpha value is -4.20. The van der Waals surface area contributed by atoms with Crippen LogP contribution in [-0.2, 0) is 21.7 Å². The number of aromatic nitrogens is 1. The molecule has 4 amide bonds. The van der Waals surface area contributed by atoms with Gasteiger partial charge in [0, 0.05) is 18.8 Å². The summed E-state index contributed by atoms with van der Waals surface area (Å²) in [5.41, 5.74) is 3.36. The van der Waals surface area contributed by atoms with Crippen LogP contribution in [0.4, 0.5) is 4.79 Å². The first-order valence-electron chi connectivity index (χ1n) is 11.3. The van der Waals surface area contributed by atoms with Gasteiger partial charge in [-0.2, -0.15) is 0 Å². The topological polar surface area (TPSA) is 101 Å². The van der Waals surface area contributed by atoms with E-state index in [0.717, 1.165) is 32.9 Å². The van der Waals surface area contributed by atoms with Crippen molar-refractivity contribution >= 4 is 17.8 Å². The number of carbonyl (C=O) groups is 3. The van der Waals surface area contributed by atoms with Crippen LogP contribution in [0.1, 0.15) is 34.7 Å². The number of nitrogens with one attached hydrogen (secondary N) is 2. The normalized spacial score (nSPS) is 17.3. The van der Waals surface area contributed by atoms with Crippen molar-refractivity contribution in [3.8, 4) is 11.6 Å². The smallest absolute Gasteiger partial charge is 0.325 e. The van der Waals surface area contributed by atoms with E-state index in [4.69, 9.17) is 4.74 Å². The number of ether oxygens (including phenoxy) is 1. The highest BCUT2D eigenvalue weighted by Gasteiger charge is 2.49. The van der Waals surface area contributed by atoms with Gasteiger partial charge in [0.2, 0.25) is 11.8 Å². The van der Waals surface area contributed by atoms with Crippen molar-refractivity contribution in [1.82, 2.24) is 20.5 Å². The van der Waals surface area contributed by atoms with Crippen molar-refractivity contribution in [2.24, 2.45) is 0 Å². The monoisotopic (exact) mass is 472 g/mol. The first-order chi connectivity index (χ1) is 16.7. The molecule has 8 nitrogen and oxygen atoms in total. The van der Waals surface area contributed by atoms with Crippen LogP contribution in [0.2, 0.25) is 0 Å². The molecular weight excluding hydrogens is 444 g/mol. The molecule has 8 heteroatoms. The Morgan fingerprint density at radius 2 is 1.74 bits per heavy atom. The number of imide groups is 1. The highest BCUT2D eigenvalue weighted by atomic mass is 16.5. The molecule has 4 rings (SSSR count). The third-order valence-corrected chi connectivity index (χ3v) is 6.05. The molecule has 180 valence electrons. The molecule has 2 heterocycles. The van der Waals surface area contributed by atoms with Crippen molar-refractivity contribution in [2.75, 3.05) is 6.54 Å². The van der Waals surface area contributed by atoms with E-state index < -0.39 is 23.4 Å². The summed E-state index contributed by atoms with van der Waals surface area (Å²) in [6.45, 7) is 7.38. The fraction of sp³-hybridized carbons (Fsp3) is 0.259. The summed E-state index contributed by atoms with van der Waals surface area (Å²) in [6, 6.07) is 16.3. The number of hydrogen-bond donors (Lipinski definition) is 2. The van der Waals surface area contributed by atoms with Crippen LogP contribution in [-0.4, -0.2) is 34.3 Å². The Kier molecular flexibility index (Phi) is 6.55. The molecule has 1 unspecified atom stereocenters. The van der Waals surface area contributed by atoms with Gasteiger partial charge in [0.05, 0.1) is 0 Å². The molecule has 1 atom stereocenters. The molecule has 0 bridgehead atoms. The molecule has 1 fully saturated rings. The second-order valence-electron chi connectivity index (χ2n) is 8.96. The maximum Gasteiger partial charge on any atom is 0.325 e. The molecule has 0 radical (unpaired) electrons. The predicted molar refractivity (Wildman–Crippen MR) is 131 cm³/mol. The van der Waals surface area contributed by atoms with E-state index in [1.807, 2.05) is 51.1 Å². The van der Waals surface area contributed by atoms with Gasteiger partial charge in [-0.1, -0.05) is 48.0 Å². The van der Waals surface area contributed by atoms with Gasteiger partial charge in [-0.3, -0.25) is 14.5 Å². The molecule has 1 aromatic heterocycles. The minimum Gasteiger partial charge on any atom is -0.439 e. The molecule has 2 aromatic carbocycles. The van der Waals surface area contributed by atoms with Gasteiger partial charge >= 0.3 is 6.03 Å². The van der Waals surface area contributed by atoms with Crippen LogP contribution in [0.15, 0.2) is 60.8 Å². The van der Waals surface area contributed by atoms with Crippen LogP contribution < -0.4 is 15.4 Å². The van der Waals surface area contributed by atoms with E-state index in [9.17, 15) is 14.4 Å². The minimum atomic E-state index is -1.21. The van der Waals surface area contributed by atoms with E-state index in [-0.39, 0.29) is 13.1 Å². The second kappa shape index (κ2) is 9.58. The van der Waals surface area contributed by atoms with Crippen molar-refractivity contribution in [2.45, 2.75) is 39.8 Å². The largest absolute Gasteiger partial charge is 0.439 e. The average Bonchev–Trinajstić information content (AvgIpc) is 3.05. The predicted octanol–water partition coefficient (Wildman–Crippen LogP) is 3.88. The number of hydrogen-bond acceptors (Lipinski definition) is 5. The SMILES string of the molecule is Cc1ccc(C2(C)NC(=O)N(CC(=O)NCc3ccc(Oc4cc(C)ccc4C)nc3)C2=O)cc1. The zero-order valence-electron chi connectivity index (χ0n) is 20.2. The van der Waals surface area contributed by atoms with E-state index in [2.05, 4.69) is 15.6 Å². The summed E-state index contributed by atoms with van der Waals surface area (Å²) in [5, 5.41) is 5.45. The Balaban J connectivity index is 1.33. The summed E-state index contributed by atoms with van der Waals surface area (Å²) in [4.78, 5) is 43.2. The van der Waals surface area contributed by atoms with E-state index in [0.29, 0.717) is 11.4 Å². The lowest BCUT2D eigenvalue weighted by atomic mass is 9.91. The molecular formula is C27H28N4O4. The fourth-order valence-corrected chi connectivity index (χ4v) is 3.83. The minimum absolute atomic E-state index is 0.203. The highest BCUT2D eigenvalue weighted by Crippen LogP contribution is 2.29. The standard InChI is InChI=1S/C27H28N4O4/c1-17-6-10-21(11-7-17)27(4)25(33)31(26(34)30-27)16-23(32)28-14-20-9-12-24(29-15-20)35-22-13-18(2)5-8-19(22)3/h5-13,15H,14,16H2,1-4H3,(H,28,32)(H,30,34).